The molecule has 0 saturated carbocycles. The van der Waals surface area contributed by atoms with Crippen LogP contribution in [0.4, 0.5) is 0 Å². The van der Waals surface area contributed by atoms with E-state index in [0.29, 0.717) is 19.4 Å². The van der Waals surface area contributed by atoms with Gasteiger partial charge in [0.2, 0.25) is 0 Å². The lowest BCUT2D eigenvalue weighted by molar-refractivity contribution is -0.136. The van der Waals surface area contributed by atoms with E-state index in [0.717, 1.165) is 0 Å². The predicted octanol–water partition coefficient (Wildman–Crippen LogP) is -0.0718. The van der Waals surface area contributed by atoms with Crippen molar-refractivity contribution < 1.29 is 9.90 Å². The fourth-order valence-electron chi connectivity index (χ4n) is 0.602. The zero-order valence-electron chi connectivity index (χ0n) is 6.53. The van der Waals surface area contributed by atoms with E-state index in [2.05, 4.69) is 4.99 Å². The zero-order chi connectivity index (χ0) is 9.56. The summed E-state index contributed by atoms with van der Waals surface area (Å²) in [5, 5.41) is 8.50. The highest BCUT2D eigenvalue weighted by Crippen LogP contribution is 2.08. The van der Waals surface area contributed by atoms with Crippen LogP contribution in [0.15, 0.2) is 4.99 Å². The van der Waals surface area contributed by atoms with Gasteiger partial charge in [0.15, 0.2) is 5.96 Å². The summed E-state index contributed by atoms with van der Waals surface area (Å²) in [6.45, 7) is 0.495. The van der Waals surface area contributed by atoms with Crippen molar-refractivity contribution in [1.82, 2.24) is 0 Å². The molecule has 1 unspecified atom stereocenters. The number of carboxylic acids is 1. The molecule has 5 nitrogen and oxygen atoms in total. The van der Waals surface area contributed by atoms with Crippen molar-refractivity contribution >= 4 is 34.5 Å². The molecule has 0 fully saturated rings. The molecule has 6 heteroatoms. The first-order chi connectivity index (χ1) is 5.54. The summed E-state index contributed by atoms with van der Waals surface area (Å²) in [5.74, 6) is -0.740. The first kappa shape index (κ1) is 11.5. The van der Waals surface area contributed by atoms with Crippen LogP contribution in [0.1, 0.15) is 12.8 Å². The molecule has 0 aliphatic carbocycles. The number of alkyl halides is 1. The van der Waals surface area contributed by atoms with Gasteiger partial charge in [0.25, 0.3) is 0 Å². The summed E-state index contributed by atoms with van der Waals surface area (Å²) in [4.78, 5) is 14.1. The summed E-state index contributed by atoms with van der Waals surface area (Å²) in [7, 11) is 0. The second-order valence-electron chi connectivity index (χ2n) is 2.25. The maximum atomic E-state index is 10.3. The molecule has 1 atom stereocenters. The van der Waals surface area contributed by atoms with E-state index >= 15 is 0 Å². The number of carboxylic acid groups (broad SMARTS) is 1. The minimum Gasteiger partial charge on any atom is -0.480 e. The Hall–Kier alpha value is -0.530. The third-order valence-electron chi connectivity index (χ3n) is 1.18. The van der Waals surface area contributed by atoms with Gasteiger partial charge in [0.1, 0.15) is 3.92 Å². The number of carbonyl (C=O) groups is 1. The number of hydrogen-bond donors (Lipinski definition) is 3. The Bertz CT molecular complexity index is 180. The Morgan fingerprint density at radius 3 is 2.58 bits per heavy atom. The third kappa shape index (κ3) is 6.20. The number of nitrogens with zero attached hydrogens (tertiary/aromatic N) is 1. The van der Waals surface area contributed by atoms with E-state index in [-0.39, 0.29) is 9.88 Å². The van der Waals surface area contributed by atoms with Crippen molar-refractivity contribution in [2.45, 2.75) is 16.8 Å². The maximum Gasteiger partial charge on any atom is 0.316 e. The van der Waals surface area contributed by atoms with Gasteiger partial charge < -0.3 is 16.6 Å². The molecule has 70 valence electrons. The molecular formula is C6H12IN3O2. The largest absolute Gasteiger partial charge is 0.480 e. The molecule has 12 heavy (non-hydrogen) atoms. The van der Waals surface area contributed by atoms with Gasteiger partial charge in [0.05, 0.1) is 0 Å². The summed E-state index contributed by atoms with van der Waals surface area (Å²) >= 11 is 1.88. The second kappa shape index (κ2) is 6.04. The summed E-state index contributed by atoms with van der Waals surface area (Å²) < 4.78 is -0.350. The lowest BCUT2D eigenvalue weighted by atomic mass is 10.2. The highest BCUT2D eigenvalue weighted by molar-refractivity contribution is 14.1. The number of hydrogen-bond acceptors (Lipinski definition) is 2. The molecule has 0 aromatic heterocycles. The fourth-order valence-corrected chi connectivity index (χ4v) is 1.04. The molecule has 0 aliphatic heterocycles. The van der Waals surface area contributed by atoms with Crippen LogP contribution in [0.3, 0.4) is 0 Å². The maximum absolute atomic E-state index is 10.3. The minimum absolute atomic E-state index is 0.0512. The van der Waals surface area contributed by atoms with Crippen LogP contribution in [-0.2, 0) is 4.79 Å². The number of nitrogens with two attached hydrogens (primary N) is 2. The monoisotopic (exact) mass is 285 g/mol. The lowest BCUT2D eigenvalue weighted by Gasteiger charge is -2.01. The molecule has 0 heterocycles. The van der Waals surface area contributed by atoms with Crippen LogP contribution in [0.25, 0.3) is 0 Å². The van der Waals surface area contributed by atoms with Gasteiger partial charge in [-0.15, -0.1) is 0 Å². The number of halogens is 1. The summed E-state index contributed by atoms with van der Waals surface area (Å²) in [5.41, 5.74) is 10.2. The number of rotatable bonds is 5. The molecule has 0 aliphatic rings. The molecule has 0 aromatic rings. The van der Waals surface area contributed by atoms with Gasteiger partial charge in [-0.1, -0.05) is 22.6 Å². The van der Waals surface area contributed by atoms with Crippen LogP contribution in [0.2, 0.25) is 0 Å². The smallest absolute Gasteiger partial charge is 0.316 e. The average molecular weight is 285 g/mol. The normalized spacial score (nSPS) is 12.1. The molecule has 0 radical (unpaired) electrons. The molecule has 0 saturated heterocycles. The van der Waals surface area contributed by atoms with E-state index < -0.39 is 5.97 Å². The van der Waals surface area contributed by atoms with E-state index in [1.54, 1.807) is 0 Å². The van der Waals surface area contributed by atoms with Gasteiger partial charge in [0, 0.05) is 6.54 Å². The number of guanidine groups is 1. The van der Waals surface area contributed by atoms with Crippen LogP contribution in [0, 0.1) is 0 Å². The van der Waals surface area contributed by atoms with Gasteiger partial charge in [-0.25, -0.2) is 0 Å². The standard InChI is InChI=1S/C6H12IN3O2/c7-4(5(11)12)2-1-3-10-6(8)9/h4H,1-3H2,(H,11,12)(H4,8,9,10). The van der Waals surface area contributed by atoms with Gasteiger partial charge >= 0.3 is 5.97 Å². The molecule has 5 N–H and O–H groups in total. The molecule has 0 aromatic carbocycles. The molecule has 0 bridgehead atoms. The summed E-state index contributed by atoms with van der Waals surface area (Å²) in [6, 6.07) is 0. The van der Waals surface area contributed by atoms with Crippen LogP contribution in [-0.4, -0.2) is 27.5 Å². The Balaban J connectivity index is 3.44. The predicted molar refractivity (Wildman–Crippen MR) is 55.4 cm³/mol. The average Bonchev–Trinajstić information content (AvgIpc) is 1.97. The van der Waals surface area contributed by atoms with E-state index in [1.165, 1.54) is 0 Å². The van der Waals surface area contributed by atoms with Crippen molar-refractivity contribution in [3.63, 3.8) is 0 Å². The van der Waals surface area contributed by atoms with Gasteiger partial charge in [-0.3, -0.25) is 9.79 Å². The zero-order valence-corrected chi connectivity index (χ0v) is 8.69. The first-order valence-corrected chi connectivity index (χ1v) is 4.71. The van der Waals surface area contributed by atoms with Gasteiger partial charge in [-0.2, -0.15) is 0 Å². The van der Waals surface area contributed by atoms with Gasteiger partial charge in [-0.05, 0) is 12.8 Å². The van der Waals surface area contributed by atoms with Crippen molar-refractivity contribution in [1.29, 1.82) is 0 Å². The van der Waals surface area contributed by atoms with Crippen LogP contribution in [0.5, 0.6) is 0 Å². The highest BCUT2D eigenvalue weighted by atomic mass is 127. The Morgan fingerprint density at radius 2 is 2.17 bits per heavy atom. The Kier molecular flexibility index (Phi) is 5.77. The quantitative estimate of drug-likeness (QED) is 0.216. The fraction of sp³-hybridized carbons (Fsp3) is 0.667. The van der Waals surface area contributed by atoms with Crippen molar-refractivity contribution in [2.75, 3.05) is 6.54 Å². The highest BCUT2D eigenvalue weighted by Gasteiger charge is 2.11. The van der Waals surface area contributed by atoms with E-state index in [4.69, 9.17) is 16.6 Å². The van der Waals surface area contributed by atoms with Crippen molar-refractivity contribution in [3.8, 4) is 0 Å². The Labute approximate surface area is 84.4 Å². The lowest BCUT2D eigenvalue weighted by Crippen LogP contribution is -2.23. The van der Waals surface area contributed by atoms with E-state index in [9.17, 15) is 4.79 Å². The molecule has 0 rings (SSSR count). The third-order valence-corrected chi connectivity index (χ3v) is 2.33. The topological polar surface area (TPSA) is 102 Å². The molecule has 0 amide bonds. The second-order valence-corrected chi connectivity index (χ2v) is 3.76. The number of aliphatic carboxylic acids is 1. The summed E-state index contributed by atoms with van der Waals surface area (Å²) in [6.07, 6.45) is 1.28. The first-order valence-electron chi connectivity index (χ1n) is 3.46. The Morgan fingerprint density at radius 1 is 1.58 bits per heavy atom. The van der Waals surface area contributed by atoms with Crippen molar-refractivity contribution in [3.05, 3.63) is 0 Å². The molecular weight excluding hydrogens is 273 g/mol. The number of aliphatic imine (C=N–C) groups is 1. The van der Waals surface area contributed by atoms with E-state index in [1.807, 2.05) is 22.6 Å². The van der Waals surface area contributed by atoms with Crippen LogP contribution < -0.4 is 11.5 Å². The molecule has 0 spiro atoms. The van der Waals surface area contributed by atoms with Crippen molar-refractivity contribution in [2.24, 2.45) is 16.5 Å². The minimum atomic E-state index is -0.791. The SMILES string of the molecule is NC(N)=NCCCC(I)C(=O)O. The van der Waals surface area contributed by atoms with Crippen LogP contribution >= 0.6 is 22.6 Å².